The Hall–Kier alpha value is -1.41. The van der Waals surface area contributed by atoms with Gasteiger partial charge in [0, 0.05) is 13.1 Å². The van der Waals surface area contributed by atoms with Crippen molar-refractivity contribution in [3.8, 4) is 6.07 Å². The lowest BCUT2D eigenvalue weighted by Gasteiger charge is -2.14. The van der Waals surface area contributed by atoms with Crippen LogP contribution in [0.4, 0.5) is 0 Å². The molecule has 2 unspecified atom stereocenters. The van der Waals surface area contributed by atoms with Crippen LogP contribution in [0.3, 0.4) is 0 Å². The molecular formula is C14H18N2O2. The maximum Gasteiger partial charge on any atom is 0.0991 e. The molecule has 96 valence electrons. The van der Waals surface area contributed by atoms with E-state index in [-0.39, 0.29) is 6.10 Å². The molecule has 1 saturated carbocycles. The fourth-order valence-electron chi connectivity index (χ4n) is 1.91. The Morgan fingerprint density at radius 2 is 1.89 bits per heavy atom. The van der Waals surface area contributed by atoms with E-state index in [1.807, 2.05) is 6.07 Å². The van der Waals surface area contributed by atoms with Gasteiger partial charge in [0.1, 0.15) is 0 Å². The first-order valence-corrected chi connectivity index (χ1v) is 6.27. The molecule has 0 spiro atoms. The number of nitriles is 1. The molecule has 1 aromatic rings. The third-order valence-corrected chi connectivity index (χ3v) is 3.28. The second-order valence-corrected chi connectivity index (χ2v) is 4.81. The minimum Gasteiger partial charge on any atom is -0.392 e. The summed E-state index contributed by atoms with van der Waals surface area (Å²) < 4.78 is 0. The predicted molar refractivity (Wildman–Crippen MR) is 67.7 cm³/mol. The topological polar surface area (TPSA) is 76.3 Å². The zero-order valence-corrected chi connectivity index (χ0v) is 10.2. The second-order valence-electron chi connectivity index (χ2n) is 4.81. The molecule has 0 radical (unpaired) electrons. The normalized spacial score (nSPS) is 18.1. The summed E-state index contributed by atoms with van der Waals surface area (Å²) in [7, 11) is 0. The number of hydrogen-bond donors (Lipinski definition) is 3. The Bertz CT molecular complexity index is 420. The van der Waals surface area contributed by atoms with Gasteiger partial charge in [-0.2, -0.15) is 5.26 Å². The van der Waals surface area contributed by atoms with Gasteiger partial charge in [-0.3, -0.25) is 0 Å². The van der Waals surface area contributed by atoms with Crippen molar-refractivity contribution in [1.29, 1.82) is 5.26 Å². The highest BCUT2D eigenvalue weighted by Crippen LogP contribution is 2.32. The third-order valence-electron chi connectivity index (χ3n) is 3.28. The first-order chi connectivity index (χ1) is 8.70. The summed E-state index contributed by atoms with van der Waals surface area (Å²) in [5, 5.41) is 31.3. The fraction of sp³-hybridized carbons (Fsp3) is 0.500. The van der Waals surface area contributed by atoms with Crippen molar-refractivity contribution in [3.05, 3.63) is 35.4 Å². The molecule has 18 heavy (non-hydrogen) atoms. The van der Waals surface area contributed by atoms with Crippen LogP contribution in [0.15, 0.2) is 24.3 Å². The van der Waals surface area contributed by atoms with Crippen molar-refractivity contribution in [2.45, 2.75) is 25.0 Å². The molecule has 0 bridgehead atoms. The van der Waals surface area contributed by atoms with E-state index in [0.29, 0.717) is 24.6 Å². The van der Waals surface area contributed by atoms with Gasteiger partial charge in [0.05, 0.1) is 23.8 Å². The summed E-state index contributed by atoms with van der Waals surface area (Å²) in [6.45, 7) is 0.938. The second kappa shape index (κ2) is 5.96. The Kier molecular flexibility index (Phi) is 4.32. The maximum absolute atomic E-state index is 9.92. The van der Waals surface area contributed by atoms with Crippen LogP contribution in [0.25, 0.3) is 0 Å². The first kappa shape index (κ1) is 13.0. The summed E-state index contributed by atoms with van der Waals surface area (Å²) in [5.41, 5.74) is 1.37. The molecule has 0 aromatic heterocycles. The SMILES string of the molecule is N#Cc1ccc(C(O)CNCC(O)C2CC2)cc1. The average Bonchev–Trinajstić information content (AvgIpc) is 3.23. The predicted octanol–water partition coefficient (Wildman–Crippen LogP) is 0.952. The van der Waals surface area contributed by atoms with Gasteiger partial charge in [-0.15, -0.1) is 0 Å². The zero-order valence-electron chi connectivity index (χ0n) is 10.2. The monoisotopic (exact) mass is 246 g/mol. The molecular weight excluding hydrogens is 228 g/mol. The average molecular weight is 246 g/mol. The molecule has 2 atom stereocenters. The van der Waals surface area contributed by atoms with Crippen LogP contribution in [-0.4, -0.2) is 29.4 Å². The Morgan fingerprint density at radius 3 is 2.44 bits per heavy atom. The lowest BCUT2D eigenvalue weighted by Crippen LogP contribution is -2.31. The molecule has 2 rings (SSSR count). The van der Waals surface area contributed by atoms with Gasteiger partial charge in [0.25, 0.3) is 0 Å². The maximum atomic E-state index is 9.92. The van der Waals surface area contributed by atoms with Crippen molar-refractivity contribution in [1.82, 2.24) is 5.32 Å². The van der Waals surface area contributed by atoms with Crippen molar-refractivity contribution >= 4 is 0 Å². The zero-order chi connectivity index (χ0) is 13.0. The van der Waals surface area contributed by atoms with Gasteiger partial charge < -0.3 is 15.5 Å². The molecule has 1 aromatic carbocycles. The Morgan fingerprint density at radius 1 is 1.22 bits per heavy atom. The van der Waals surface area contributed by atoms with Gasteiger partial charge in [-0.25, -0.2) is 0 Å². The van der Waals surface area contributed by atoms with E-state index in [1.165, 1.54) is 0 Å². The van der Waals surface area contributed by atoms with Gasteiger partial charge in [0.15, 0.2) is 0 Å². The van der Waals surface area contributed by atoms with Gasteiger partial charge >= 0.3 is 0 Å². The van der Waals surface area contributed by atoms with E-state index >= 15 is 0 Å². The van der Waals surface area contributed by atoms with E-state index in [4.69, 9.17) is 5.26 Å². The molecule has 0 saturated heterocycles. The molecule has 0 heterocycles. The number of nitrogens with one attached hydrogen (secondary N) is 1. The van der Waals surface area contributed by atoms with Gasteiger partial charge in [-0.05, 0) is 36.5 Å². The smallest absolute Gasteiger partial charge is 0.0991 e. The summed E-state index contributed by atoms with van der Waals surface area (Å²) in [6.07, 6.45) is 1.32. The van der Waals surface area contributed by atoms with Crippen LogP contribution < -0.4 is 5.32 Å². The first-order valence-electron chi connectivity index (χ1n) is 6.27. The quantitative estimate of drug-likeness (QED) is 0.698. The van der Waals surface area contributed by atoms with Gasteiger partial charge in [0.2, 0.25) is 0 Å². The lowest BCUT2D eigenvalue weighted by molar-refractivity contribution is 0.132. The number of hydrogen-bond acceptors (Lipinski definition) is 4. The third kappa shape index (κ3) is 3.54. The summed E-state index contributed by atoms with van der Waals surface area (Å²) in [4.78, 5) is 0. The van der Waals surface area contributed by atoms with E-state index in [9.17, 15) is 10.2 Å². The summed E-state index contributed by atoms with van der Waals surface area (Å²) >= 11 is 0. The molecule has 4 nitrogen and oxygen atoms in total. The van der Waals surface area contributed by atoms with Crippen LogP contribution in [0.5, 0.6) is 0 Å². The molecule has 3 N–H and O–H groups in total. The molecule has 1 aliphatic rings. The minimum atomic E-state index is -0.607. The largest absolute Gasteiger partial charge is 0.392 e. The van der Waals surface area contributed by atoms with Gasteiger partial charge in [-0.1, -0.05) is 12.1 Å². The number of aliphatic hydroxyl groups is 2. The van der Waals surface area contributed by atoms with Crippen molar-refractivity contribution in [2.24, 2.45) is 5.92 Å². The van der Waals surface area contributed by atoms with Crippen molar-refractivity contribution in [3.63, 3.8) is 0 Å². The van der Waals surface area contributed by atoms with E-state index in [2.05, 4.69) is 5.32 Å². The molecule has 0 amide bonds. The molecule has 4 heteroatoms. The standard InChI is InChI=1S/C14H18N2O2/c15-7-10-1-3-11(4-2-10)13(17)8-16-9-14(18)12-5-6-12/h1-4,12-14,16-18H,5-6,8-9H2. The minimum absolute atomic E-state index is 0.293. The molecule has 1 aliphatic carbocycles. The van der Waals surface area contributed by atoms with Crippen LogP contribution in [0, 0.1) is 17.2 Å². The fourth-order valence-corrected chi connectivity index (χ4v) is 1.91. The van der Waals surface area contributed by atoms with E-state index in [0.717, 1.165) is 18.4 Å². The number of rotatable bonds is 6. The highest BCUT2D eigenvalue weighted by molar-refractivity contribution is 5.32. The number of benzene rings is 1. The number of aliphatic hydroxyl groups excluding tert-OH is 2. The van der Waals surface area contributed by atoms with Crippen LogP contribution in [0.1, 0.15) is 30.1 Å². The van der Waals surface area contributed by atoms with Crippen LogP contribution in [-0.2, 0) is 0 Å². The Labute approximate surface area is 107 Å². The van der Waals surface area contributed by atoms with Crippen LogP contribution in [0.2, 0.25) is 0 Å². The summed E-state index contributed by atoms with van der Waals surface area (Å²) in [6, 6.07) is 8.93. The molecule has 0 aliphatic heterocycles. The Balaban J connectivity index is 1.76. The lowest BCUT2D eigenvalue weighted by atomic mass is 10.1. The van der Waals surface area contributed by atoms with E-state index < -0.39 is 6.10 Å². The van der Waals surface area contributed by atoms with E-state index in [1.54, 1.807) is 24.3 Å². The summed E-state index contributed by atoms with van der Waals surface area (Å²) in [5.74, 6) is 0.449. The highest BCUT2D eigenvalue weighted by atomic mass is 16.3. The van der Waals surface area contributed by atoms with Crippen LogP contribution >= 0.6 is 0 Å². The van der Waals surface area contributed by atoms with Crippen molar-refractivity contribution in [2.75, 3.05) is 13.1 Å². The number of nitrogens with zero attached hydrogens (tertiary/aromatic N) is 1. The molecule has 1 fully saturated rings. The highest BCUT2D eigenvalue weighted by Gasteiger charge is 2.29. The van der Waals surface area contributed by atoms with Crippen molar-refractivity contribution < 1.29 is 10.2 Å².